The molecule has 4 rings (SSSR count). The lowest BCUT2D eigenvalue weighted by molar-refractivity contribution is 0.602. The minimum Gasteiger partial charge on any atom is -0.366 e. The lowest BCUT2D eigenvalue weighted by Crippen LogP contribution is -2.22. The molecule has 0 spiro atoms. The van der Waals surface area contributed by atoms with Crippen LogP contribution in [0.15, 0.2) is 30.3 Å². The summed E-state index contributed by atoms with van der Waals surface area (Å²) in [6.45, 7) is 0. The first-order chi connectivity index (χ1) is 11.1. The van der Waals surface area contributed by atoms with Crippen LogP contribution in [0.5, 0.6) is 0 Å². The van der Waals surface area contributed by atoms with Gasteiger partial charge >= 0.3 is 0 Å². The molecule has 2 heterocycles. The zero-order valence-electron chi connectivity index (χ0n) is 12.8. The predicted octanol–water partition coefficient (Wildman–Crippen LogP) is 2.23. The van der Waals surface area contributed by atoms with E-state index >= 15 is 0 Å². The van der Waals surface area contributed by atoms with E-state index in [1.807, 2.05) is 30.3 Å². The lowest BCUT2D eigenvalue weighted by Gasteiger charge is -2.16. The molecule has 1 saturated heterocycles. The van der Waals surface area contributed by atoms with Crippen LogP contribution in [0.1, 0.15) is 24.1 Å². The fraction of sp³-hybridized carbons (Fsp3) is 0.412. The first kappa shape index (κ1) is 14.6. The Bertz CT molecular complexity index is 834. The molecule has 1 N–H and O–H groups in total. The monoisotopic (exact) mass is 329 g/mol. The SMILES string of the molecule is O=S1(=O)CCC(Nc2nc(-c3ccccc3)nc3c2CCC3)C1. The van der Waals surface area contributed by atoms with Gasteiger partial charge in [0.15, 0.2) is 15.7 Å². The number of rotatable bonds is 3. The molecule has 1 aliphatic heterocycles. The molecule has 1 fully saturated rings. The van der Waals surface area contributed by atoms with Crippen molar-refractivity contribution in [3.8, 4) is 11.4 Å². The van der Waals surface area contributed by atoms with E-state index in [4.69, 9.17) is 9.97 Å². The van der Waals surface area contributed by atoms with Gasteiger partial charge in [-0.3, -0.25) is 0 Å². The number of nitrogens with zero attached hydrogens (tertiary/aromatic N) is 2. The molecule has 1 aliphatic carbocycles. The summed E-state index contributed by atoms with van der Waals surface area (Å²) in [6.07, 6.45) is 3.67. The Morgan fingerprint density at radius 3 is 2.65 bits per heavy atom. The zero-order chi connectivity index (χ0) is 15.9. The highest BCUT2D eigenvalue weighted by Gasteiger charge is 2.29. The molecule has 6 heteroatoms. The minimum atomic E-state index is -2.90. The van der Waals surface area contributed by atoms with Crippen LogP contribution >= 0.6 is 0 Å². The molecule has 0 saturated carbocycles. The quantitative estimate of drug-likeness (QED) is 0.935. The molecule has 1 unspecified atom stereocenters. The maximum Gasteiger partial charge on any atom is 0.161 e. The van der Waals surface area contributed by atoms with Crippen molar-refractivity contribution in [3.63, 3.8) is 0 Å². The summed E-state index contributed by atoms with van der Waals surface area (Å²) in [5.41, 5.74) is 3.25. The van der Waals surface area contributed by atoms with Crippen LogP contribution in [0, 0.1) is 0 Å². The van der Waals surface area contributed by atoms with E-state index in [-0.39, 0.29) is 17.5 Å². The molecule has 1 aromatic carbocycles. The van der Waals surface area contributed by atoms with Crippen LogP contribution < -0.4 is 5.32 Å². The smallest absolute Gasteiger partial charge is 0.161 e. The van der Waals surface area contributed by atoms with Crippen LogP contribution in [-0.2, 0) is 22.7 Å². The van der Waals surface area contributed by atoms with Gasteiger partial charge in [-0.1, -0.05) is 30.3 Å². The highest BCUT2D eigenvalue weighted by molar-refractivity contribution is 7.91. The molecule has 5 nitrogen and oxygen atoms in total. The van der Waals surface area contributed by atoms with E-state index in [1.165, 1.54) is 0 Å². The molecule has 23 heavy (non-hydrogen) atoms. The summed E-state index contributed by atoms with van der Waals surface area (Å²) in [5.74, 6) is 2.01. The Hall–Kier alpha value is -1.95. The van der Waals surface area contributed by atoms with Crippen molar-refractivity contribution in [2.75, 3.05) is 16.8 Å². The van der Waals surface area contributed by atoms with E-state index in [9.17, 15) is 8.42 Å². The standard InChI is InChI=1S/C17H19N3O2S/c21-23(22)10-9-13(11-23)18-17-14-7-4-8-15(14)19-16(20-17)12-5-2-1-3-6-12/h1-3,5-6,13H,4,7-11H2,(H,18,19,20). The Morgan fingerprint density at radius 2 is 1.91 bits per heavy atom. The number of nitrogens with one attached hydrogen (secondary N) is 1. The van der Waals surface area contributed by atoms with Crippen molar-refractivity contribution in [2.45, 2.75) is 31.7 Å². The van der Waals surface area contributed by atoms with Gasteiger partial charge in [0.25, 0.3) is 0 Å². The molecule has 1 aromatic heterocycles. The average Bonchev–Trinajstić information content (AvgIpc) is 3.14. The fourth-order valence-electron chi connectivity index (χ4n) is 3.37. The molecule has 0 bridgehead atoms. The molecule has 2 aromatic rings. The molecule has 0 amide bonds. The Kier molecular flexibility index (Phi) is 3.56. The Balaban J connectivity index is 1.70. The maximum absolute atomic E-state index is 11.7. The van der Waals surface area contributed by atoms with Crippen LogP contribution in [0.2, 0.25) is 0 Å². The largest absolute Gasteiger partial charge is 0.366 e. The third-order valence-electron chi connectivity index (χ3n) is 4.54. The summed E-state index contributed by atoms with van der Waals surface area (Å²) in [7, 11) is -2.90. The van der Waals surface area contributed by atoms with E-state index < -0.39 is 9.84 Å². The minimum absolute atomic E-state index is 0.0387. The topological polar surface area (TPSA) is 72.0 Å². The molecular weight excluding hydrogens is 310 g/mol. The van der Waals surface area contributed by atoms with Crippen molar-refractivity contribution in [3.05, 3.63) is 41.6 Å². The van der Waals surface area contributed by atoms with Crippen LogP contribution in [0.4, 0.5) is 5.82 Å². The fourth-order valence-corrected chi connectivity index (χ4v) is 5.04. The Morgan fingerprint density at radius 1 is 1.09 bits per heavy atom. The second-order valence-corrected chi connectivity index (χ2v) is 8.51. The maximum atomic E-state index is 11.7. The lowest BCUT2D eigenvalue weighted by atomic mass is 10.1. The van der Waals surface area contributed by atoms with Crippen LogP contribution in [0.3, 0.4) is 0 Å². The van der Waals surface area contributed by atoms with E-state index in [0.29, 0.717) is 6.42 Å². The van der Waals surface area contributed by atoms with E-state index in [2.05, 4.69) is 5.32 Å². The van der Waals surface area contributed by atoms with Gasteiger partial charge in [0, 0.05) is 22.9 Å². The number of hydrogen-bond acceptors (Lipinski definition) is 5. The summed E-state index contributed by atoms with van der Waals surface area (Å²) in [6, 6.07) is 9.88. The van der Waals surface area contributed by atoms with Crippen molar-refractivity contribution in [2.24, 2.45) is 0 Å². The van der Waals surface area contributed by atoms with Gasteiger partial charge in [-0.05, 0) is 25.7 Å². The highest BCUT2D eigenvalue weighted by Crippen LogP contribution is 2.30. The number of benzene rings is 1. The van der Waals surface area contributed by atoms with Crippen LogP contribution in [-0.4, -0.2) is 35.9 Å². The van der Waals surface area contributed by atoms with Gasteiger partial charge in [0.2, 0.25) is 0 Å². The van der Waals surface area contributed by atoms with Gasteiger partial charge in [0.05, 0.1) is 11.5 Å². The summed E-state index contributed by atoms with van der Waals surface area (Å²) in [4.78, 5) is 9.43. The number of aryl methyl sites for hydroxylation is 1. The zero-order valence-corrected chi connectivity index (χ0v) is 13.6. The van der Waals surface area contributed by atoms with Crippen molar-refractivity contribution < 1.29 is 8.42 Å². The van der Waals surface area contributed by atoms with Gasteiger partial charge in [-0.15, -0.1) is 0 Å². The van der Waals surface area contributed by atoms with Crippen LogP contribution in [0.25, 0.3) is 11.4 Å². The van der Waals surface area contributed by atoms with Gasteiger partial charge in [-0.2, -0.15) is 0 Å². The summed E-state index contributed by atoms with van der Waals surface area (Å²) < 4.78 is 23.4. The summed E-state index contributed by atoms with van der Waals surface area (Å²) in [5, 5.41) is 3.38. The third kappa shape index (κ3) is 2.95. The second kappa shape index (κ2) is 5.60. The van der Waals surface area contributed by atoms with Crippen molar-refractivity contribution in [1.29, 1.82) is 0 Å². The van der Waals surface area contributed by atoms with E-state index in [0.717, 1.165) is 47.7 Å². The normalized spacial score (nSPS) is 22.0. The summed E-state index contributed by atoms with van der Waals surface area (Å²) >= 11 is 0. The van der Waals surface area contributed by atoms with Gasteiger partial charge in [0.1, 0.15) is 5.82 Å². The molecule has 1 atom stereocenters. The molecule has 120 valence electrons. The number of fused-ring (bicyclic) bond motifs is 1. The average molecular weight is 329 g/mol. The number of sulfone groups is 1. The second-order valence-electron chi connectivity index (χ2n) is 6.28. The number of anilines is 1. The van der Waals surface area contributed by atoms with Gasteiger partial charge < -0.3 is 5.32 Å². The van der Waals surface area contributed by atoms with Gasteiger partial charge in [-0.25, -0.2) is 18.4 Å². The molecule has 0 radical (unpaired) electrons. The Labute approximate surface area is 136 Å². The number of hydrogen-bond donors (Lipinski definition) is 1. The van der Waals surface area contributed by atoms with Crippen molar-refractivity contribution >= 4 is 15.7 Å². The molecular formula is C17H19N3O2S. The first-order valence-corrected chi connectivity index (χ1v) is 9.85. The highest BCUT2D eigenvalue weighted by atomic mass is 32.2. The first-order valence-electron chi connectivity index (χ1n) is 8.03. The number of aromatic nitrogens is 2. The van der Waals surface area contributed by atoms with Crippen molar-refractivity contribution in [1.82, 2.24) is 9.97 Å². The third-order valence-corrected chi connectivity index (χ3v) is 6.31. The predicted molar refractivity (Wildman–Crippen MR) is 90.2 cm³/mol. The molecule has 2 aliphatic rings. The van der Waals surface area contributed by atoms with E-state index in [1.54, 1.807) is 0 Å².